The summed E-state index contributed by atoms with van der Waals surface area (Å²) in [6, 6.07) is 0. The lowest BCUT2D eigenvalue weighted by molar-refractivity contribution is -0.145. The quantitative estimate of drug-likeness (QED) is 0.541. The highest BCUT2D eigenvalue weighted by Gasteiger charge is 2.51. The Balaban J connectivity index is 2.29. The Hall–Kier alpha value is -1.05. The van der Waals surface area contributed by atoms with Crippen molar-refractivity contribution in [2.75, 3.05) is 0 Å². The number of fused-ring (bicyclic) bond motifs is 1. The van der Waals surface area contributed by atoms with E-state index < -0.39 is 0 Å². The van der Waals surface area contributed by atoms with Gasteiger partial charge in [-0.15, -0.1) is 6.58 Å². The van der Waals surface area contributed by atoms with Gasteiger partial charge >= 0.3 is 5.97 Å². The average molecular weight is 234 g/mol. The lowest BCUT2D eigenvalue weighted by Crippen LogP contribution is -2.41. The van der Waals surface area contributed by atoms with Gasteiger partial charge in [-0.25, -0.2) is 0 Å². The molecule has 1 aliphatic carbocycles. The number of carbonyl (C=O) groups excluding carboxylic acids is 1. The molecule has 0 aromatic heterocycles. The molecule has 94 valence electrons. The molecule has 0 spiro atoms. The molecule has 0 bridgehead atoms. The summed E-state index contributed by atoms with van der Waals surface area (Å²) in [7, 11) is 0. The van der Waals surface area contributed by atoms with Crippen molar-refractivity contribution in [1.82, 2.24) is 0 Å². The summed E-state index contributed by atoms with van der Waals surface area (Å²) in [5, 5.41) is 0. The third-order valence-corrected chi connectivity index (χ3v) is 4.77. The van der Waals surface area contributed by atoms with Gasteiger partial charge in [0.1, 0.15) is 6.10 Å². The minimum absolute atomic E-state index is 0.0112. The fraction of sp³-hybridized carbons (Fsp3) is 0.667. The van der Waals surface area contributed by atoms with Gasteiger partial charge in [-0.2, -0.15) is 0 Å². The van der Waals surface area contributed by atoms with Gasteiger partial charge in [0.25, 0.3) is 0 Å². The first-order valence-electron chi connectivity index (χ1n) is 6.38. The van der Waals surface area contributed by atoms with Crippen molar-refractivity contribution < 1.29 is 9.53 Å². The number of ether oxygens (including phenoxy) is 1. The lowest BCUT2D eigenvalue weighted by atomic mass is 9.60. The third kappa shape index (κ3) is 1.84. The Morgan fingerprint density at radius 3 is 2.76 bits per heavy atom. The molecule has 2 nitrogen and oxygen atoms in total. The van der Waals surface area contributed by atoms with Crippen LogP contribution in [0.4, 0.5) is 0 Å². The molecule has 5 atom stereocenters. The summed E-state index contributed by atoms with van der Waals surface area (Å²) < 4.78 is 5.49. The molecule has 1 saturated heterocycles. The fourth-order valence-corrected chi connectivity index (χ4v) is 3.50. The van der Waals surface area contributed by atoms with E-state index in [1.54, 1.807) is 0 Å². The van der Waals surface area contributed by atoms with E-state index in [-0.39, 0.29) is 23.4 Å². The molecule has 0 amide bonds. The van der Waals surface area contributed by atoms with Crippen molar-refractivity contribution in [1.29, 1.82) is 0 Å². The van der Waals surface area contributed by atoms with Crippen molar-refractivity contribution in [3.63, 3.8) is 0 Å². The van der Waals surface area contributed by atoms with E-state index in [0.29, 0.717) is 11.8 Å². The van der Waals surface area contributed by atoms with Crippen LogP contribution >= 0.6 is 0 Å². The van der Waals surface area contributed by atoms with Crippen LogP contribution in [0.1, 0.15) is 33.6 Å². The monoisotopic (exact) mass is 234 g/mol. The molecule has 2 rings (SSSR count). The van der Waals surface area contributed by atoms with Gasteiger partial charge in [-0.05, 0) is 31.1 Å². The van der Waals surface area contributed by atoms with Crippen molar-refractivity contribution in [3.05, 3.63) is 24.8 Å². The molecule has 2 heteroatoms. The number of hydrogen-bond donors (Lipinski definition) is 0. The predicted molar refractivity (Wildman–Crippen MR) is 68.4 cm³/mol. The van der Waals surface area contributed by atoms with Crippen LogP contribution < -0.4 is 0 Å². The molecular weight excluding hydrogens is 212 g/mol. The molecule has 0 unspecified atom stereocenters. The third-order valence-electron chi connectivity index (χ3n) is 4.77. The average Bonchev–Trinajstić information content (AvgIpc) is 2.53. The predicted octanol–water partition coefficient (Wildman–Crippen LogP) is 3.34. The standard InChI is InChI=1S/C15H22O2/c1-6-15(5)8-13-11(7-12(15)9(2)3)10(4)14(16)17-13/h6,10-13H,1-2,7-8H2,3-5H3/t10-,11-,12+,13-,15-/m1/s1. The minimum Gasteiger partial charge on any atom is -0.462 e. The normalized spacial score (nSPS) is 45.0. The summed E-state index contributed by atoms with van der Waals surface area (Å²) in [6.07, 6.45) is 3.97. The lowest BCUT2D eigenvalue weighted by Gasteiger charge is -2.44. The van der Waals surface area contributed by atoms with Gasteiger partial charge in [0.15, 0.2) is 0 Å². The van der Waals surface area contributed by atoms with Crippen LogP contribution in [0.15, 0.2) is 24.8 Å². The second-order valence-electron chi connectivity index (χ2n) is 5.98. The molecule has 1 heterocycles. The van der Waals surface area contributed by atoms with E-state index in [1.807, 2.05) is 13.0 Å². The van der Waals surface area contributed by atoms with Gasteiger partial charge < -0.3 is 4.74 Å². The van der Waals surface area contributed by atoms with E-state index in [2.05, 4.69) is 27.0 Å². The molecule has 0 radical (unpaired) electrons. The van der Waals surface area contributed by atoms with Crippen molar-refractivity contribution in [3.8, 4) is 0 Å². The molecule has 2 aliphatic rings. The number of allylic oxidation sites excluding steroid dienone is 2. The van der Waals surface area contributed by atoms with Crippen LogP contribution in [0.2, 0.25) is 0 Å². The fourth-order valence-electron chi connectivity index (χ4n) is 3.50. The minimum atomic E-state index is -0.0335. The Morgan fingerprint density at radius 2 is 2.24 bits per heavy atom. The van der Waals surface area contributed by atoms with E-state index in [1.165, 1.54) is 5.57 Å². The summed E-state index contributed by atoms with van der Waals surface area (Å²) in [5.74, 6) is 0.778. The molecule has 1 saturated carbocycles. The maximum atomic E-state index is 11.6. The largest absolute Gasteiger partial charge is 0.462 e. The highest BCUT2D eigenvalue weighted by molar-refractivity contribution is 5.75. The molecule has 2 fully saturated rings. The van der Waals surface area contributed by atoms with Gasteiger partial charge in [-0.1, -0.05) is 32.1 Å². The highest BCUT2D eigenvalue weighted by Crippen LogP contribution is 2.52. The second kappa shape index (κ2) is 4.01. The SMILES string of the molecule is C=C[C@]1(C)C[C@H]2OC(=O)[C@H](C)[C@H]2C[C@H]1C(=C)C. The summed E-state index contributed by atoms with van der Waals surface area (Å²) in [4.78, 5) is 11.6. The maximum Gasteiger partial charge on any atom is 0.309 e. The van der Waals surface area contributed by atoms with Crippen molar-refractivity contribution >= 4 is 5.97 Å². The first-order valence-corrected chi connectivity index (χ1v) is 6.38. The first kappa shape index (κ1) is 12.4. The van der Waals surface area contributed by atoms with Crippen LogP contribution in [-0.4, -0.2) is 12.1 Å². The van der Waals surface area contributed by atoms with Gasteiger partial charge in [0.05, 0.1) is 5.92 Å². The van der Waals surface area contributed by atoms with E-state index >= 15 is 0 Å². The molecule has 17 heavy (non-hydrogen) atoms. The second-order valence-corrected chi connectivity index (χ2v) is 5.98. The van der Waals surface area contributed by atoms with Crippen LogP contribution in [0.5, 0.6) is 0 Å². The van der Waals surface area contributed by atoms with Crippen LogP contribution in [0, 0.1) is 23.2 Å². The Bertz CT molecular complexity index is 371. The van der Waals surface area contributed by atoms with Gasteiger partial charge in [0, 0.05) is 5.92 Å². The Morgan fingerprint density at radius 1 is 1.59 bits per heavy atom. The molecule has 1 aliphatic heterocycles. The molecular formula is C15H22O2. The zero-order valence-electron chi connectivity index (χ0n) is 11.0. The van der Waals surface area contributed by atoms with Crippen molar-refractivity contribution in [2.45, 2.75) is 39.7 Å². The topological polar surface area (TPSA) is 26.3 Å². The molecule has 0 N–H and O–H groups in total. The maximum absolute atomic E-state index is 11.6. The summed E-state index contributed by atoms with van der Waals surface area (Å²) in [6.45, 7) is 14.3. The van der Waals surface area contributed by atoms with Crippen LogP contribution in [0.3, 0.4) is 0 Å². The molecule has 0 aromatic rings. The number of rotatable bonds is 2. The van der Waals surface area contributed by atoms with Crippen LogP contribution in [-0.2, 0) is 9.53 Å². The smallest absolute Gasteiger partial charge is 0.309 e. The zero-order chi connectivity index (χ0) is 12.8. The van der Waals surface area contributed by atoms with Crippen molar-refractivity contribution in [2.24, 2.45) is 23.2 Å². The Labute approximate surface area is 104 Å². The van der Waals surface area contributed by atoms with Gasteiger partial charge in [0.2, 0.25) is 0 Å². The summed E-state index contributed by atoms with van der Waals surface area (Å²) >= 11 is 0. The van der Waals surface area contributed by atoms with Crippen LogP contribution in [0.25, 0.3) is 0 Å². The van der Waals surface area contributed by atoms with E-state index in [0.717, 1.165) is 12.8 Å². The number of esters is 1. The molecule has 0 aromatic carbocycles. The Kier molecular flexibility index (Phi) is 2.92. The van der Waals surface area contributed by atoms with Gasteiger partial charge in [-0.3, -0.25) is 4.79 Å². The number of hydrogen-bond acceptors (Lipinski definition) is 2. The first-order chi connectivity index (χ1) is 7.89. The van der Waals surface area contributed by atoms with E-state index in [9.17, 15) is 4.79 Å². The van der Waals surface area contributed by atoms with E-state index in [4.69, 9.17) is 4.74 Å². The summed E-state index contributed by atoms with van der Waals surface area (Å²) in [5.41, 5.74) is 1.20. The highest BCUT2D eigenvalue weighted by atomic mass is 16.6. The number of carbonyl (C=O) groups is 1. The zero-order valence-corrected chi connectivity index (χ0v) is 11.0.